The molecule has 0 aliphatic rings. The fraction of sp³-hybridized carbons (Fsp3) is 0.250. The predicted octanol–water partition coefficient (Wildman–Crippen LogP) is 0.179. The monoisotopic (exact) mass is 246 g/mol. The highest BCUT2D eigenvalue weighted by Crippen LogP contribution is 2.07. The number of hydrogen-bond acceptors (Lipinski definition) is 4. The number of anilines is 1. The lowest BCUT2D eigenvalue weighted by Crippen LogP contribution is -2.33. The molecule has 0 radical (unpaired) electrons. The first-order chi connectivity index (χ1) is 8.50. The molecule has 0 spiro atoms. The minimum Gasteiger partial charge on any atom is -0.383 e. The molecule has 0 aliphatic heterocycles. The van der Waals surface area contributed by atoms with Crippen molar-refractivity contribution in [1.82, 2.24) is 14.8 Å². The Morgan fingerprint density at radius 1 is 1.33 bits per heavy atom. The fourth-order valence-corrected chi connectivity index (χ4v) is 1.66. The molecular weight excluding hydrogens is 232 g/mol. The number of hydrogen-bond donors (Lipinski definition) is 2. The van der Waals surface area contributed by atoms with Gasteiger partial charge in [0.1, 0.15) is 5.82 Å². The largest absolute Gasteiger partial charge is 0.383 e. The van der Waals surface area contributed by atoms with Crippen molar-refractivity contribution in [1.29, 1.82) is 0 Å². The second-order valence-electron chi connectivity index (χ2n) is 4.13. The van der Waals surface area contributed by atoms with Gasteiger partial charge in [-0.15, -0.1) is 0 Å². The first-order valence-electron chi connectivity index (χ1n) is 5.50. The molecule has 0 saturated heterocycles. The molecule has 0 atom stereocenters. The van der Waals surface area contributed by atoms with Gasteiger partial charge in [-0.1, -0.05) is 6.07 Å². The predicted molar refractivity (Wildman–Crippen MR) is 68.5 cm³/mol. The standard InChI is InChI=1S/C12H14N4O2/c1-7-8(2)12(18)16(15-11(7)17)6-9-4-3-5-14-10(9)13/h3-5H,6H2,1-2H3,(H2,13,14)(H,15,17). The van der Waals surface area contributed by atoms with E-state index in [4.69, 9.17) is 5.73 Å². The Balaban J connectivity index is 2.52. The number of nitrogens with zero attached hydrogens (tertiary/aromatic N) is 2. The summed E-state index contributed by atoms with van der Waals surface area (Å²) in [5.74, 6) is 0.350. The van der Waals surface area contributed by atoms with E-state index in [1.165, 1.54) is 4.68 Å². The molecule has 0 aliphatic carbocycles. The molecule has 6 nitrogen and oxygen atoms in total. The molecule has 18 heavy (non-hydrogen) atoms. The van der Waals surface area contributed by atoms with Gasteiger partial charge >= 0.3 is 0 Å². The van der Waals surface area contributed by atoms with Crippen LogP contribution < -0.4 is 16.9 Å². The summed E-state index contributed by atoms with van der Waals surface area (Å²) in [6.07, 6.45) is 1.57. The van der Waals surface area contributed by atoms with Gasteiger partial charge in [-0.2, -0.15) is 0 Å². The van der Waals surface area contributed by atoms with Crippen LogP contribution in [0.25, 0.3) is 0 Å². The van der Waals surface area contributed by atoms with Gasteiger partial charge in [0, 0.05) is 22.9 Å². The molecule has 2 rings (SSSR count). The molecule has 2 heterocycles. The average Bonchev–Trinajstić information content (AvgIpc) is 2.36. The first-order valence-corrected chi connectivity index (χ1v) is 5.50. The lowest BCUT2D eigenvalue weighted by Gasteiger charge is -2.09. The van der Waals surface area contributed by atoms with E-state index < -0.39 is 0 Å². The van der Waals surface area contributed by atoms with Gasteiger partial charge in [-0.3, -0.25) is 14.7 Å². The van der Waals surface area contributed by atoms with Crippen molar-refractivity contribution in [2.75, 3.05) is 5.73 Å². The Bertz CT molecular complexity index is 700. The lowest BCUT2D eigenvalue weighted by molar-refractivity contribution is 0.618. The van der Waals surface area contributed by atoms with Crippen molar-refractivity contribution in [3.8, 4) is 0 Å². The Kier molecular flexibility index (Phi) is 3.01. The molecule has 94 valence electrons. The maximum Gasteiger partial charge on any atom is 0.268 e. The van der Waals surface area contributed by atoms with E-state index in [-0.39, 0.29) is 17.7 Å². The number of nitrogen functional groups attached to an aromatic ring is 1. The third-order valence-corrected chi connectivity index (χ3v) is 2.96. The van der Waals surface area contributed by atoms with E-state index in [0.29, 0.717) is 22.5 Å². The van der Waals surface area contributed by atoms with Gasteiger partial charge < -0.3 is 5.73 Å². The quantitative estimate of drug-likeness (QED) is 0.790. The molecule has 2 aromatic heterocycles. The molecule has 0 amide bonds. The summed E-state index contributed by atoms with van der Waals surface area (Å²) in [6, 6.07) is 3.50. The molecule has 0 saturated carbocycles. The highest BCUT2D eigenvalue weighted by atomic mass is 16.2. The second-order valence-corrected chi connectivity index (χ2v) is 4.13. The summed E-state index contributed by atoms with van der Waals surface area (Å²) in [6.45, 7) is 3.46. The van der Waals surface area contributed by atoms with Gasteiger partial charge in [-0.05, 0) is 19.9 Å². The van der Waals surface area contributed by atoms with Crippen LogP contribution in [0.4, 0.5) is 5.82 Å². The Labute approximate surface area is 103 Å². The summed E-state index contributed by atoms with van der Waals surface area (Å²) in [7, 11) is 0. The van der Waals surface area contributed by atoms with Crippen LogP contribution in [0, 0.1) is 13.8 Å². The third kappa shape index (κ3) is 2.04. The molecule has 0 bridgehead atoms. The maximum atomic E-state index is 12.0. The molecule has 3 N–H and O–H groups in total. The molecule has 2 aromatic rings. The Morgan fingerprint density at radius 2 is 2.06 bits per heavy atom. The molecule has 0 unspecified atom stereocenters. The SMILES string of the molecule is Cc1c(C)c(=O)n(Cc2cccnc2N)[nH]c1=O. The van der Waals surface area contributed by atoms with E-state index in [0.717, 1.165) is 0 Å². The van der Waals surface area contributed by atoms with Crippen LogP contribution in [0.15, 0.2) is 27.9 Å². The second kappa shape index (κ2) is 4.48. The van der Waals surface area contributed by atoms with Crippen LogP contribution in [0.5, 0.6) is 0 Å². The van der Waals surface area contributed by atoms with Crippen LogP contribution in [0.1, 0.15) is 16.7 Å². The fourth-order valence-electron chi connectivity index (χ4n) is 1.66. The minimum absolute atomic E-state index is 0.203. The number of aromatic amines is 1. The van der Waals surface area contributed by atoms with Gasteiger partial charge in [0.05, 0.1) is 6.54 Å². The Hall–Kier alpha value is -2.37. The van der Waals surface area contributed by atoms with Gasteiger partial charge in [0.25, 0.3) is 11.1 Å². The zero-order valence-electron chi connectivity index (χ0n) is 10.2. The van der Waals surface area contributed by atoms with Crippen LogP contribution in [0.2, 0.25) is 0 Å². The van der Waals surface area contributed by atoms with Crippen molar-refractivity contribution >= 4 is 5.82 Å². The van der Waals surface area contributed by atoms with Crippen molar-refractivity contribution in [2.24, 2.45) is 0 Å². The average molecular weight is 246 g/mol. The summed E-state index contributed by atoms with van der Waals surface area (Å²) in [5.41, 5.74) is 6.79. The summed E-state index contributed by atoms with van der Waals surface area (Å²) in [5, 5.41) is 2.53. The number of nitrogens with one attached hydrogen (secondary N) is 1. The maximum absolute atomic E-state index is 12.0. The van der Waals surface area contributed by atoms with Crippen molar-refractivity contribution in [2.45, 2.75) is 20.4 Å². The van der Waals surface area contributed by atoms with Crippen molar-refractivity contribution in [3.05, 3.63) is 55.7 Å². The number of nitrogens with two attached hydrogens (primary N) is 1. The smallest absolute Gasteiger partial charge is 0.268 e. The van der Waals surface area contributed by atoms with Crippen LogP contribution >= 0.6 is 0 Å². The van der Waals surface area contributed by atoms with Crippen LogP contribution in [0.3, 0.4) is 0 Å². The normalized spacial score (nSPS) is 10.6. The van der Waals surface area contributed by atoms with E-state index in [1.54, 1.807) is 32.2 Å². The highest BCUT2D eigenvalue weighted by Gasteiger charge is 2.08. The van der Waals surface area contributed by atoms with Crippen molar-refractivity contribution < 1.29 is 0 Å². The molecular formula is C12H14N4O2. The van der Waals surface area contributed by atoms with Gasteiger partial charge in [0.2, 0.25) is 0 Å². The van der Waals surface area contributed by atoms with Crippen LogP contribution in [-0.2, 0) is 6.54 Å². The van der Waals surface area contributed by atoms with E-state index in [1.807, 2.05) is 0 Å². The number of aromatic nitrogens is 3. The highest BCUT2D eigenvalue weighted by molar-refractivity contribution is 5.38. The summed E-state index contributed by atoms with van der Waals surface area (Å²) < 4.78 is 1.25. The van der Waals surface area contributed by atoms with Crippen molar-refractivity contribution in [3.63, 3.8) is 0 Å². The van der Waals surface area contributed by atoms with Gasteiger partial charge in [-0.25, -0.2) is 9.67 Å². The van der Waals surface area contributed by atoms with Crippen LogP contribution in [-0.4, -0.2) is 14.8 Å². The lowest BCUT2D eigenvalue weighted by atomic mass is 10.2. The van der Waals surface area contributed by atoms with E-state index >= 15 is 0 Å². The molecule has 0 fully saturated rings. The first kappa shape index (κ1) is 12.1. The summed E-state index contributed by atoms with van der Waals surface area (Å²) >= 11 is 0. The van der Waals surface area contributed by atoms with Gasteiger partial charge in [0.15, 0.2) is 0 Å². The number of H-pyrrole nitrogens is 1. The zero-order chi connectivity index (χ0) is 13.3. The minimum atomic E-state index is -0.269. The third-order valence-electron chi connectivity index (χ3n) is 2.96. The Morgan fingerprint density at radius 3 is 2.72 bits per heavy atom. The number of rotatable bonds is 2. The van der Waals surface area contributed by atoms with E-state index in [2.05, 4.69) is 10.1 Å². The van der Waals surface area contributed by atoms with E-state index in [9.17, 15) is 9.59 Å². The molecule has 6 heteroatoms. The summed E-state index contributed by atoms with van der Waals surface area (Å²) in [4.78, 5) is 27.6. The molecule has 0 aromatic carbocycles. The topological polar surface area (TPSA) is 93.8 Å². The number of pyridine rings is 1. The zero-order valence-corrected chi connectivity index (χ0v) is 10.2.